The van der Waals surface area contributed by atoms with Gasteiger partial charge in [0, 0.05) is 39.6 Å². The second-order valence-corrected chi connectivity index (χ2v) is 5.88. The van der Waals surface area contributed by atoms with Crippen molar-refractivity contribution in [2.45, 2.75) is 11.8 Å². The third-order valence-corrected chi connectivity index (χ3v) is 4.46. The van der Waals surface area contributed by atoms with Gasteiger partial charge >= 0.3 is 0 Å². The molecule has 110 valence electrons. The van der Waals surface area contributed by atoms with E-state index in [-0.39, 0.29) is 24.2 Å². The third-order valence-electron chi connectivity index (χ3n) is 4.23. The van der Waals surface area contributed by atoms with Gasteiger partial charge in [0.15, 0.2) is 0 Å². The van der Waals surface area contributed by atoms with Crippen molar-refractivity contribution in [1.29, 1.82) is 0 Å². The number of halogens is 2. The summed E-state index contributed by atoms with van der Waals surface area (Å²) in [4.78, 5) is 1.58. The molecule has 0 aromatic heterocycles. The van der Waals surface area contributed by atoms with Crippen molar-refractivity contribution in [2.75, 3.05) is 20.1 Å². The summed E-state index contributed by atoms with van der Waals surface area (Å²) in [7, 11) is 0. The van der Waals surface area contributed by atoms with Gasteiger partial charge in [-0.1, -0.05) is 29.8 Å². The molecule has 2 nitrogen and oxygen atoms in total. The fourth-order valence-corrected chi connectivity index (χ4v) is 3.51. The third kappa shape index (κ3) is 2.42. The van der Waals surface area contributed by atoms with E-state index in [1.54, 1.807) is 11.0 Å². The smallest absolute Gasteiger partial charge is 0.131 e. The molecule has 1 fully saturated rings. The van der Waals surface area contributed by atoms with Crippen molar-refractivity contribution in [2.24, 2.45) is 0 Å². The van der Waals surface area contributed by atoms with Crippen LogP contribution in [-0.4, -0.2) is 25.0 Å². The normalized spacial score (nSPS) is 25.9. The van der Waals surface area contributed by atoms with Crippen molar-refractivity contribution < 1.29 is 8.85 Å². The molecule has 21 heavy (non-hydrogen) atoms. The Morgan fingerprint density at radius 3 is 2.62 bits per heavy atom. The van der Waals surface area contributed by atoms with Crippen LogP contribution in [0.1, 0.15) is 27.1 Å². The van der Waals surface area contributed by atoms with Crippen molar-refractivity contribution >= 4 is 24.0 Å². The molecular formula is C17H17Cl2NO. The van der Waals surface area contributed by atoms with Crippen molar-refractivity contribution in [3.05, 3.63) is 58.6 Å². The van der Waals surface area contributed by atoms with Crippen LogP contribution in [0.5, 0.6) is 11.5 Å². The van der Waals surface area contributed by atoms with Crippen LogP contribution in [0.25, 0.3) is 0 Å². The molecular weight excluding hydrogens is 306 g/mol. The Hall–Kier alpha value is -1.22. The number of rotatable bonds is 0. The quantitative estimate of drug-likeness (QED) is 0.652. The lowest BCUT2D eigenvalue weighted by atomic mass is 9.84. The van der Waals surface area contributed by atoms with Gasteiger partial charge in [0.1, 0.15) is 11.5 Å². The Labute approximate surface area is 140 Å². The van der Waals surface area contributed by atoms with E-state index in [1.165, 1.54) is 0 Å². The van der Waals surface area contributed by atoms with Crippen LogP contribution in [0.4, 0.5) is 0 Å². The molecule has 0 amide bonds. The molecule has 1 saturated heterocycles. The van der Waals surface area contributed by atoms with E-state index in [4.69, 9.17) is 20.5 Å². The molecule has 2 heterocycles. The molecule has 2 aromatic rings. The average Bonchev–Trinajstić information content (AvgIpc) is 2.90. The van der Waals surface area contributed by atoms with Gasteiger partial charge < -0.3 is 9.64 Å². The Balaban J connectivity index is 0.00000169. The van der Waals surface area contributed by atoms with E-state index in [2.05, 4.69) is 0 Å². The maximum atomic E-state index is 7.75. The van der Waals surface area contributed by atoms with Crippen LogP contribution < -0.4 is 4.74 Å². The SMILES string of the molecule is Cl.[2H][13C]([2H])([2H])N1C[C@H]2c3ccccc3Oc3ccc(Cl)cc3[C@@H]2C1. The summed E-state index contributed by atoms with van der Waals surface area (Å²) >= 11 is 6.18. The predicted octanol–water partition coefficient (Wildman–Crippen LogP) is 4.68. The number of likely N-dealkylation sites (tertiary alicyclic amines) is 1. The number of para-hydroxylation sites is 1. The molecule has 4 heteroatoms. The highest BCUT2D eigenvalue weighted by Crippen LogP contribution is 2.49. The average molecular weight is 326 g/mol. The van der Waals surface area contributed by atoms with Crippen LogP contribution in [0, 0.1) is 0 Å². The maximum Gasteiger partial charge on any atom is 0.131 e. The highest BCUT2D eigenvalue weighted by Gasteiger charge is 2.38. The number of nitrogens with zero attached hydrogens (tertiary/aromatic N) is 1. The summed E-state index contributed by atoms with van der Waals surface area (Å²) in [6.45, 7) is -1.11. The molecule has 0 unspecified atom stereocenters. The molecule has 0 radical (unpaired) electrons. The van der Waals surface area contributed by atoms with E-state index < -0.39 is 6.98 Å². The van der Waals surface area contributed by atoms with Crippen molar-refractivity contribution in [1.82, 2.24) is 4.90 Å². The van der Waals surface area contributed by atoms with E-state index in [1.807, 2.05) is 36.4 Å². The molecule has 0 spiro atoms. The second-order valence-electron chi connectivity index (χ2n) is 5.44. The first-order chi connectivity index (χ1) is 10.9. The van der Waals surface area contributed by atoms with Gasteiger partial charge in [0.25, 0.3) is 0 Å². The molecule has 0 saturated carbocycles. The highest BCUT2D eigenvalue weighted by atomic mass is 35.5. The van der Waals surface area contributed by atoms with E-state index in [0.29, 0.717) is 18.1 Å². The van der Waals surface area contributed by atoms with Crippen LogP contribution in [0.3, 0.4) is 0 Å². The predicted molar refractivity (Wildman–Crippen MR) is 88.2 cm³/mol. The van der Waals surface area contributed by atoms with Crippen LogP contribution in [-0.2, 0) is 0 Å². The first-order valence-corrected chi connectivity index (χ1v) is 7.12. The largest absolute Gasteiger partial charge is 0.457 e. The molecule has 2 aliphatic rings. The van der Waals surface area contributed by atoms with Gasteiger partial charge in [0.05, 0.1) is 0 Å². The van der Waals surface area contributed by atoms with E-state index >= 15 is 0 Å². The van der Waals surface area contributed by atoms with Gasteiger partial charge in [-0.3, -0.25) is 0 Å². The topological polar surface area (TPSA) is 12.5 Å². The zero-order chi connectivity index (χ0) is 16.2. The van der Waals surface area contributed by atoms with Gasteiger partial charge in [-0.25, -0.2) is 0 Å². The first kappa shape index (κ1) is 11.4. The van der Waals surface area contributed by atoms with Gasteiger partial charge in [0.2, 0.25) is 0 Å². The molecule has 2 aromatic carbocycles. The molecule has 2 atom stereocenters. The maximum absolute atomic E-state index is 7.75. The minimum atomic E-state index is -2.08. The molecule has 0 aliphatic carbocycles. The minimum absolute atomic E-state index is 0. The summed E-state index contributed by atoms with van der Waals surface area (Å²) < 4.78 is 29.3. The zero-order valence-electron chi connectivity index (χ0n) is 14.3. The molecule has 0 bridgehead atoms. The van der Waals surface area contributed by atoms with Crippen molar-refractivity contribution in [3.8, 4) is 11.5 Å². The van der Waals surface area contributed by atoms with Crippen molar-refractivity contribution in [3.63, 3.8) is 0 Å². The molecule has 0 N–H and O–H groups in total. The number of benzene rings is 2. The van der Waals surface area contributed by atoms with E-state index in [0.717, 1.165) is 22.6 Å². The standard InChI is InChI=1S/C17H16ClNO.ClH/c1-19-9-14-12-4-2-3-5-16(12)20-17-7-6-11(18)8-13(17)15(14)10-19;/h2-8,14-15H,9-10H2,1H3;1H/t14-,15-;/m0./s1/i1+1D3;. The van der Waals surface area contributed by atoms with Crippen LogP contribution in [0.2, 0.25) is 5.02 Å². The zero-order valence-corrected chi connectivity index (χ0v) is 12.8. The summed E-state index contributed by atoms with van der Waals surface area (Å²) in [6.07, 6.45) is 0. The fourth-order valence-electron chi connectivity index (χ4n) is 3.33. The van der Waals surface area contributed by atoms with E-state index in [9.17, 15) is 0 Å². The Morgan fingerprint density at radius 1 is 1.10 bits per heavy atom. The number of ether oxygens (including phenoxy) is 1. The first-order valence-electron chi connectivity index (χ1n) is 8.25. The Bertz CT molecular complexity index is 766. The number of hydrogen-bond acceptors (Lipinski definition) is 2. The van der Waals surface area contributed by atoms with Crippen LogP contribution in [0.15, 0.2) is 42.5 Å². The molecule has 4 rings (SSSR count). The fraction of sp³-hybridized carbons (Fsp3) is 0.294. The number of hydrogen-bond donors (Lipinski definition) is 0. The van der Waals surface area contributed by atoms with Gasteiger partial charge in [-0.15, -0.1) is 12.4 Å². The lowest BCUT2D eigenvalue weighted by molar-refractivity contribution is 0.401. The van der Waals surface area contributed by atoms with Gasteiger partial charge in [-0.05, 0) is 36.8 Å². The minimum Gasteiger partial charge on any atom is -0.457 e. The summed E-state index contributed by atoms with van der Waals surface area (Å²) in [6, 6.07) is 13.5. The highest BCUT2D eigenvalue weighted by molar-refractivity contribution is 6.30. The number of likely N-dealkylation sites (N-methyl/N-ethyl adjacent to an activating group) is 1. The second kappa shape index (κ2) is 5.53. The lowest BCUT2D eigenvalue weighted by Gasteiger charge is -2.17. The Kier molecular flexibility index (Phi) is 2.99. The monoisotopic (exact) mass is 325 g/mol. The lowest BCUT2D eigenvalue weighted by Crippen LogP contribution is -2.14. The summed E-state index contributed by atoms with van der Waals surface area (Å²) in [5, 5.41) is 0.643. The Morgan fingerprint density at radius 2 is 1.81 bits per heavy atom. The summed E-state index contributed by atoms with van der Waals surface area (Å²) in [5.41, 5.74) is 2.06. The van der Waals surface area contributed by atoms with Crippen LogP contribution >= 0.6 is 24.0 Å². The summed E-state index contributed by atoms with van der Waals surface area (Å²) in [5.74, 6) is 1.72. The molecule has 2 aliphatic heterocycles. The van der Waals surface area contributed by atoms with Gasteiger partial charge in [-0.2, -0.15) is 0 Å². The number of fused-ring (bicyclic) bond motifs is 5.